The third kappa shape index (κ3) is 4.83. The van der Waals surface area contributed by atoms with Crippen LogP contribution in [0.5, 0.6) is 0 Å². The first-order chi connectivity index (χ1) is 8.17. The van der Waals surface area contributed by atoms with E-state index in [2.05, 4.69) is 5.32 Å². The number of carbonyl (C=O) groups is 1. The van der Waals surface area contributed by atoms with E-state index in [9.17, 15) is 9.90 Å². The maximum absolute atomic E-state index is 11.6. The van der Waals surface area contributed by atoms with Crippen LogP contribution in [-0.2, 0) is 5.75 Å². The van der Waals surface area contributed by atoms with Gasteiger partial charge in [-0.05, 0) is 31.2 Å². The zero-order chi connectivity index (χ0) is 12.7. The summed E-state index contributed by atoms with van der Waals surface area (Å²) >= 11 is 1.65. The van der Waals surface area contributed by atoms with Crippen LogP contribution in [0.2, 0.25) is 0 Å². The molecule has 1 amide bonds. The van der Waals surface area contributed by atoms with Crippen molar-refractivity contribution in [2.24, 2.45) is 0 Å². The fraction of sp³-hybridized carbons (Fsp3) is 0.583. The van der Waals surface area contributed by atoms with Crippen LogP contribution < -0.4 is 5.32 Å². The molecular weight excluding hydrogens is 238 g/mol. The maximum atomic E-state index is 11.6. The van der Waals surface area contributed by atoms with Gasteiger partial charge in [-0.1, -0.05) is 6.92 Å². The van der Waals surface area contributed by atoms with Crippen LogP contribution in [0.25, 0.3) is 0 Å². The molecule has 1 atom stereocenters. The molecule has 0 aromatic carbocycles. The highest BCUT2D eigenvalue weighted by molar-refractivity contribution is 7.97. The van der Waals surface area contributed by atoms with E-state index in [4.69, 9.17) is 4.42 Å². The van der Waals surface area contributed by atoms with E-state index in [-0.39, 0.29) is 12.0 Å². The summed E-state index contributed by atoms with van der Waals surface area (Å²) in [5, 5.41) is 12.1. The number of hydrogen-bond donors (Lipinski definition) is 2. The van der Waals surface area contributed by atoms with Crippen molar-refractivity contribution in [2.45, 2.75) is 31.6 Å². The lowest BCUT2D eigenvalue weighted by Crippen LogP contribution is -2.26. The first kappa shape index (κ1) is 14.1. The summed E-state index contributed by atoms with van der Waals surface area (Å²) in [5.74, 6) is 1.68. The molecule has 1 rings (SSSR count). The van der Waals surface area contributed by atoms with Gasteiger partial charge in [0.1, 0.15) is 5.76 Å². The molecule has 0 aliphatic heterocycles. The number of carbonyl (C=O) groups excluding carboxylic acids is 1. The largest absolute Gasteiger partial charge is 0.455 e. The van der Waals surface area contributed by atoms with Gasteiger partial charge in [-0.3, -0.25) is 4.79 Å². The second-order valence-corrected chi connectivity index (χ2v) is 4.67. The highest BCUT2D eigenvalue weighted by Gasteiger charge is 2.10. The zero-order valence-electron chi connectivity index (χ0n) is 10.2. The summed E-state index contributed by atoms with van der Waals surface area (Å²) in [4.78, 5) is 11.6. The Morgan fingerprint density at radius 1 is 1.59 bits per heavy atom. The van der Waals surface area contributed by atoms with E-state index in [1.54, 1.807) is 17.8 Å². The fourth-order valence-corrected chi connectivity index (χ4v) is 1.80. The van der Waals surface area contributed by atoms with Crippen LogP contribution in [0.4, 0.5) is 0 Å². The molecule has 0 saturated heterocycles. The molecule has 0 saturated carbocycles. The third-order valence-electron chi connectivity index (χ3n) is 2.41. The van der Waals surface area contributed by atoms with Gasteiger partial charge in [0.2, 0.25) is 0 Å². The summed E-state index contributed by atoms with van der Waals surface area (Å²) in [6.07, 6.45) is 2.91. The van der Waals surface area contributed by atoms with Gasteiger partial charge in [-0.25, -0.2) is 0 Å². The summed E-state index contributed by atoms with van der Waals surface area (Å²) in [6.45, 7) is 2.38. The Morgan fingerprint density at radius 2 is 2.35 bits per heavy atom. The molecule has 1 aromatic heterocycles. The summed E-state index contributed by atoms with van der Waals surface area (Å²) in [7, 11) is 0. The lowest BCUT2D eigenvalue weighted by molar-refractivity contribution is 0.0913. The fourth-order valence-electron chi connectivity index (χ4n) is 1.36. The minimum Gasteiger partial charge on any atom is -0.455 e. The monoisotopic (exact) mass is 257 g/mol. The predicted molar refractivity (Wildman–Crippen MR) is 69.2 cm³/mol. The quantitative estimate of drug-likeness (QED) is 0.784. The Kier molecular flexibility index (Phi) is 6.15. The van der Waals surface area contributed by atoms with Gasteiger partial charge in [-0.2, -0.15) is 11.8 Å². The van der Waals surface area contributed by atoms with Gasteiger partial charge in [-0.15, -0.1) is 0 Å². The maximum Gasteiger partial charge on any atom is 0.286 e. The van der Waals surface area contributed by atoms with Crippen molar-refractivity contribution in [1.82, 2.24) is 5.32 Å². The van der Waals surface area contributed by atoms with E-state index in [1.807, 2.05) is 19.2 Å². The summed E-state index contributed by atoms with van der Waals surface area (Å²) in [5.41, 5.74) is 0. The lowest BCUT2D eigenvalue weighted by Gasteiger charge is -2.07. The third-order valence-corrected chi connectivity index (χ3v) is 2.98. The van der Waals surface area contributed by atoms with Gasteiger partial charge in [0, 0.05) is 6.54 Å². The van der Waals surface area contributed by atoms with E-state index in [1.165, 1.54) is 0 Å². The van der Waals surface area contributed by atoms with Crippen molar-refractivity contribution >= 4 is 17.7 Å². The van der Waals surface area contributed by atoms with Gasteiger partial charge in [0.15, 0.2) is 5.76 Å². The Labute approximate surface area is 106 Å². The van der Waals surface area contributed by atoms with Gasteiger partial charge < -0.3 is 14.8 Å². The predicted octanol–water partition coefficient (Wildman–Crippen LogP) is 2.03. The number of aliphatic hydroxyl groups is 1. The van der Waals surface area contributed by atoms with E-state index in [0.29, 0.717) is 25.1 Å². The summed E-state index contributed by atoms with van der Waals surface area (Å²) in [6, 6.07) is 3.49. The zero-order valence-corrected chi connectivity index (χ0v) is 11.0. The topological polar surface area (TPSA) is 62.5 Å². The van der Waals surface area contributed by atoms with Gasteiger partial charge >= 0.3 is 0 Å². The summed E-state index contributed by atoms with van der Waals surface area (Å²) < 4.78 is 5.37. The minimum absolute atomic E-state index is 0.222. The van der Waals surface area contributed by atoms with Crippen LogP contribution in [0.15, 0.2) is 16.5 Å². The Hall–Kier alpha value is -0.940. The second kappa shape index (κ2) is 7.40. The smallest absolute Gasteiger partial charge is 0.286 e. The number of rotatable bonds is 7. The number of thioether (sulfide) groups is 1. The normalized spacial score (nSPS) is 12.4. The molecule has 4 nitrogen and oxygen atoms in total. The van der Waals surface area contributed by atoms with Gasteiger partial charge in [0.05, 0.1) is 11.9 Å². The number of aliphatic hydroxyl groups excluding tert-OH is 1. The molecule has 2 N–H and O–H groups in total. The van der Waals surface area contributed by atoms with Crippen LogP contribution in [0, 0.1) is 0 Å². The lowest BCUT2D eigenvalue weighted by atomic mass is 10.2. The number of furan rings is 1. The van der Waals surface area contributed by atoms with Gasteiger partial charge in [0.25, 0.3) is 5.91 Å². The first-order valence-corrected chi connectivity index (χ1v) is 7.10. The molecule has 1 aromatic rings. The molecule has 96 valence electrons. The van der Waals surface area contributed by atoms with E-state index >= 15 is 0 Å². The van der Waals surface area contributed by atoms with Crippen molar-refractivity contribution in [3.8, 4) is 0 Å². The molecule has 1 heterocycles. The second-order valence-electron chi connectivity index (χ2n) is 3.81. The standard InChI is InChI=1S/C12H19NO3S/c1-3-9(14)6-7-13-12(15)11-5-4-10(16-11)8-17-2/h4-5,9,14H,3,6-8H2,1-2H3,(H,13,15). The van der Waals surface area contributed by atoms with Crippen molar-refractivity contribution in [3.63, 3.8) is 0 Å². The molecule has 1 unspecified atom stereocenters. The van der Waals surface area contributed by atoms with Crippen LogP contribution in [0.3, 0.4) is 0 Å². The van der Waals surface area contributed by atoms with Crippen molar-refractivity contribution in [3.05, 3.63) is 23.7 Å². The Balaban J connectivity index is 2.36. The van der Waals surface area contributed by atoms with Crippen LogP contribution in [-0.4, -0.2) is 29.9 Å². The minimum atomic E-state index is -0.348. The number of nitrogens with one attached hydrogen (secondary N) is 1. The molecule has 0 aliphatic carbocycles. The molecular formula is C12H19NO3S. The highest BCUT2D eigenvalue weighted by Crippen LogP contribution is 2.13. The molecule has 0 aliphatic rings. The molecule has 0 radical (unpaired) electrons. The molecule has 0 spiro atoms. The Bertz CT molecular complexity index is 351. The van der Waals surface area contributed by atoms with Crippen molar-refractivity contribution in [1.29, 1.82) is 0 Å². The average Bonchev–Trinajstić information content (AvgIpc) is 2.78. The van der Waals surface area contributed by atoms with Crippen molar-refractivity contribution < 1.29 is 14.3 Å². The molecule has 5 heteroatoms. The SMILES string of the molecule is CCC(O)CCNC(=O)c1ccc(CSC)o1. The molecule has 0 bridgehead atoms. The van der Waals surface area contributed by atoms with E-state index < -0.39 is 0 Å². The van der Waals surface area contributed by atoms with Crippen LogP contribution >= 0.6 is 11.8 Å². The average molecular weight is 257 g/mol. The van der Waals surface area contributed by atoms with E-state index in [0.717, 1.165) is 11.5 Å². The van der Waals surface area contributed by atoms with Crippen molar-refractivity contribution in [2.75, 3.05) is 12.8 Å². The highest BCUT2D eigenvalue weighted by atomic mass is 32.2. The van der Waals surface area contributed by atoms with Crippen LogP contribution in [0.1, 0.15) is 36.1 Å². The number of amides is 1. The molecule has 0 fully saturated rings. The number of hydrogen-bond acceptors (Lipinski definition) is 4. The first-order valence-electron chi connectivity index (χ1n) is 5.71. The Morgan fingerprint density at radius 3 is 3.00 bits per heavy atom. The molecule has 17 heavy (non-hydrogen) atoms.